The van der Waals surface area contributed by atoms with Gasteiger partial charge in [0.25, 0.3) is 11.5 Å². The lowest BCUT2D eigenvalue weighted by atomic mass is 10.1. The first-order valence-corrected chi connectivity index (χ1v) is 9.32. The fourth-order valence-electron chi connectivity index (χ4n) is 3.16. The molecular weight excluding hydrogens is 370 g/mol. The number of carbonyl (C=O) groups is 2. The summed E-state index contributed by atoms with van der Waals surface area (Å²) in [6, 6.07) is 11.9. The Kier molecular flexibility index (Phi) is 5.77. The molecule has 1 aromatic heterocycles. The maximum atomic E-state index is 13.1. The molecular formula is C22H23N3O4. The lowest BCUT2D eigenvalue weighted by molar-refractivity contribution is 0.0599. The van der Waals surface area contributed by atoms with Gasteiger partial charge in [-0.05, 0) is 36.6 Å². The molecule has 0 saturated carbocycles. The third kappa shape index (κ3) is 4.03. The van der Waals surface area contributed by atoms with E-state index in [0.29, 0.717) is 34.1 Å². The number of nitrogens with one attached hydrogen (secondary N) is 1. The number of benzene rings is 2. The van der Waals surface area contributed by atoms with Crippen LogP contribution in [0, 0.1) is 12.8 Å². The summed E-state index contributed by atoms with van der Waals surface area (Å²) >= 11 is 0. The number of aromatic nitrogens is 2. The molecule has 0 fully saturated rings. The predicted octanol–water partition coefficient (Wildman–Crippen LogP) is 3.40. The minimum atomic E-state index is -0.479. The molecule has 29 heavy (non-hydrogen) atoms. The van der Waals surface area contributed by atoms with Crippen LogP contribution in [-0.4, -0.2) is 28.8 Å². The zero-order chi connectivity index (χ0) is 21.1. The number of nitrogens with zero attached hydrogens (tertiary/aromatic N) is 2. The fraction of sp³-hybridized carbons (Fsp3) is 0.273. The molecule has 1 N–H and O–H groups in total. The van der Waals surface area contributed by atoms with Gasteiger partial charge in [-0.3, -0.25) is 9.59 Å². The van der Waals surface area contributed by atoms with Crippen molar-refractivity contribution in [3.8, 4) is 0 Å². The molecule has 0 saturated heterocycles. The van der Waals surface area contributed by atoms with Crippen LogP contribution < -0.4 is 10.9 Å². The van der Waals surface area contributed by atoms with Crippen LogP contribution in [0.1, 0.15) is 40.3 Å². The van der Waals surface area contributed by atoms with Crippen LogP contribution in [0.25, 0.3) is 10.8 Å². The molecule has 150 valence electrons. The summed E-state index contributed by atoms with van der Waals surface area (Å²) in [6.07, 6.45) is 0. The van der Waals surface area contributed by atoms with E-state index in [4.69, 9.17) is 4.74 Å². The normalized spacial score (nSPS) is 10.9. The molecule has 0 unspecified atom stereocenters. The van der Waals surface area contributed by atoms with E-state index in [1.807, 2.05) is 13.8 Å². The quantitative estimate of drug-likeness (QED) is 0.671. The maximum Gasteiger partial charge on any atom is 0.338 e. The van der Waals surface area contributed by atoms with Gasteiger partial charge >= 0.3 is 5.97 Å². The van der Waals surface area contributed by atoms with Gasteiger partial charge in [0.1, 0.15) is 0 Å². The maximum absolute atomic E-state index is 13.1. The molecule has 0 radical (unpaired) electrons. The van der Waals surface area contributed by atoms with Crippen LogP contribution in [0.3, 0.4) is 0 Å². The number of methoxy groups -OCH3 is 1. The zero-order valence-corrected chi connectivity index (χ0v) is 16.9. The first kappa shape index (κ1) is 20.3. The van der Waals surface area contributed by atoms with E-state index in [-0.39, 0.29) is 17.2 Å². The first-order valence-electron chi connectivity index (χ1n) is 9.32. The molecule has 1 amide bonds. The van der Waals surface area contributed by atoms with E-state index in [0.717, 1.165) is 0 Å². The third-order valence-corrected chi connectivity index (χ3v) is 4.61. The molecule has 0 atom stereocenters. The molecule has 0 aliphatic rings. The number of carbonyl (C=O) groups excluding carboxylic acids is 2. The van der Waals surface area contributed by atoms with Gasteiger partial charge in [-0.1, -0.05) is 38.1 Å². The largest absolute Gasteiger partial charge is 0.465 e. The van der Waals surface area contributed by atoms with Gasteiger partial charge in [0.05, 0.1) is 18.1 Å². The Morgan fingerprint density at radius 2 is 1.79 bits per heavy atom. The number of fused-ring (bicyclic) bond motifs is 1. The van der Waals surface area contributed by atoms with Crippen molar-refractivity contribution in [1.82, 2.24) is 9.78 Å². The SMILES string of the molecule is COC(=O)c1cccc(NC(=O)c2nn(CC(C)C)c(=O)c3ccccc23)c1C. The minimum absolute atomic E-state index is 0.156. The second-order valence-corrected chi connectivity index (χ2v) is 7.20. The Bertz CT molecular complexity index is 1150. The molecule has 0 bridgehead atoms. The highest BCUT2D eigenvalue weighted by Crippen LogP contribution is 2.22. The number of esters is 1. The Hall–Kier alpha value is -3.48. The van der Waals surface area contributed by atoms with Crippen LogP contribution in [0.4, 0.5) is 5.69 Å². The summed E-state index contributed by atoms with van der Waals surface area (Å²) in [4.78, 5) is 37.7. The topological polar surface area (TPSA) is 90.3 Å². The lowest BCUT2D eigenvalue weighted by Gasteiger charge is -2.14. The molecule has 3 rings (SSSR count). The molecule has 0 aliphatic heterocycles. The van der Waals surface area contributed by atoms with Gasteiger partial charge in [-0.2, -0.15) is 5.10 Å². The van der Waals surface area contributed by atoms with Crippen molar-refractivity contribution in [3.05, 3.63) is 69.6 Å². The fourth-order valence-corrected chi connectivity index (χ4v) is 3.16. The second kappa shape index (κ2) is 8.26. The summed E-state index contributed by atoms with van der Waals surface area (Å²) in [6.45, 7) is 6.09. The number of hydrogen-bond acceptors (Lipinski definition) is 5. The van der Waals surface area contributed by atoms with Gasteiger partial charge in [0.2, 0.25) is 0 Å². The Balaban J connectivity index is 2.07. The molecule has 0 spiro atoms. The summed E-state index contributed by atoms with van der Waals surface area (Å²) in [5.74, 6) is -0.743. The molecule has 1 heterocycles. The van der Waals surface area contributed by atoms with Gasteiger partial charge in [0, 0.05) is 17.6 Å². The van der Waals surface area contributed by atoms with E-state index in [1.54, 1.807) is 49.4 Å². The first-order chi connectivity index (χ1) is 13.8. The van der Waals surface area contributed by atoms with E-state index in [9.17, 15) is 14.4 Å². The smallest absolute Gasteiger partial charge is 0.338 e. The highest BCUT2D eigenvalue weighted by molar-refractivity contribution is 6.11. The van der Waals surface area contributed by atoms with Gasteiger partial charge in [-0.25, -0.2) is 9.48 Å². The van der Waals surface area contributed by atoms with Crippen molar-refractivity contribution >= 4 is 28.3 Å². The summed E-state index contributed by atoms with van der Waals surface area (Å²) in [5.41, 5.74) is 1.37. The summed E-state index contributed by atoms with van der Waals surface area (Å²) in [5, 5.41) is 8.08. The number of hydrogen-bond donors (Lipinski definition) is 1. The second-order valence-electron chi connectivity index (χ2n) is 7.20. The van der Waals surface area contributed by atoms with Crippen molar-refractivity contribution in [2.45, 2.75) is 27.3 Å². The highest BCUT2D eigenvalue weighted by atomic mass is 16.5. The van der Waals surface area contributed by atoms with Crippen molar-refractivity contribution in [1.29, 1.82) is 0 Å². The minimum Gasteiger partial charge on any atom is -0.465 e. The lowest BCUT2D eigenvalue weighted by Crippen LogP contribution is -2.29. The van der Waals surface area contributed by atoms with Gasteiger partial charge in [0.15, 0.2) is 5.69 Å². The molecule has 7 nitrogen and oxygen atoms in total. The number of ether oxygens (including phenoxy) is 1. The van der Waals surface area contributed by atoms with Crippen LogP contribution in [0.5, 0.6) is 0 Å². The van der Waals surface area contributed by atoms with Crippen LogP contribution in [0.15, 0.2) is 47.3 Å². The zero-order valence-electron chi connectivity index (χ0n) is 16.9. The van der Waals surface area contributed by atoms with Crippen LogP contribution >= 0.6 is 0 Å². The van der Waals surface area contributed by atoms with Crippen LogP contribution in [0.2, 0.25) is 0 Å². The highest BCUT2D eigenvalue weighted by Gasteiger charge is 2.19. The molecule has 0 aliphatic carbocycles. The number of rotatable bonds is 5. The summed E-state index contributed by atoms with van der Waals surface area (Å²) in [7, 11) is 1.31. The number of anilines is 1. The Morgan fingerprint density at radius 3 is 2.45 bits per heavy atom. The van der Waals surface area contributed by atoms with Gasteiger partial charge in [-0.15, -0.1) is 0 Å². The van der Waals surface area contributed by atoms with Crippen molar-refractivity contribution in [2.24, 2.45) is 5.92 Å². The van der Waals surface area contributed by atoms with Crippen molar-refractivity contribution in [2.75, 3.05) is 12.4 Å². The monoisotopic (exact) mass is 393 g/mol. The molecule has 2 aromatic carbocycles. The Labute approximate surface area is 168 Å². The average Bonchev–Trinajstić information content (AvgIpc) is 2.70. The predicted molar refractivity (Wildman–Crippen MR) is 111 cm³/mol. The van der Waals surface area contributed by atoms with E-state index in [2.05, 4.69) is 10.4 Å². The van der Waals surface area contributed by atoms with Gasteiger partial charge < -0.3 is 10.1 Å². The summed E-state index contributed by atoms with van der Waals surface area (Å²) < 4.78 is 6.12. The standard InChI is InChI=1S/C22H23N3O4/c1-13(2)12-25-21(27)17-9-6-5-8-16(17)19(24-25)20(26)23-18-11-7-10-15(14(18)3)22(28)29-4/h5-11,13H,12H2,1-4H3,(H,23,26). The van der Waals surface area contributed by atoms with Crippen molar-refractivity contribution in [3.63, 3.8) is 0 Å². The number of amides is 1. The molecule has 3 aromatic rings. The van der Waals surface area contributed by atoms with E-state index >= 15 is 0 Å². The molecule has 7 heteroatoms. The average molecular weight is 393 g/mol. The van der Waals surface area contributed by atoms with E-state index in [1.165, 1.54) is 11.8 Å². The van der Waals surface area contributed by atoms with Crippen LogP contribution in [-0.2, 0) is 11.3 Å². The van der Waals surface area contributed by atoms with E-state index < -0.39 is 11.9 Å². The Morgan fingerprint density at radius 1 is 1.10 bits per heavy atom. The van der Waals surface area contributed by atoms with Crippen molar-refractivity contribution < 1.29 is 14.3 Å². The third-order valence-electron chi connectivity index (χ3n) is 4.61.